The lowest BCUT2D eigenvalue weighted by atomic mass is 9.70. The van der Waals surface area contributed by atoms with Gasteiger partial charge in [0, 0.05) is 46.8 Å². The third kappa shape index (κ3) is 7.15. The first-order chi connectivity index (χ1) is 21.1. The van der Waals surface area contributed by atoms with Crippen LogP contribution in [0.3, 0.4) is 0 Å². The number of likely N-dealkylation sites (tertiary alicyclic amines) is 1. The highest BCUT2D eigenvalue weighted by Crippen LogP contribution is 2.48. The molecule has 1 saturated heterocycles. The van der Waals surface area contributed by atoms with E-state index in [-0.39, 0.29) is 23.6 Å². The molecule has 1 heterocycles. The van der Waals surface area contributed by atoms with Crippen molar-refractivity contribution in [1.29, 1.82) is 0 Å². The van der Waals surface area contributed by atoms with Gasteiger partial charge in [-0.25, -0.2) is 4.39 Å². The van der Waals surface area contributed by atoms with E-state index in [0.29, 0.717) is 22.9 Å². The van der Waals surface area contributed by atoms with E-state index in [2.05, 4.69) is 56.1 Å². The van der Waals surface area contributed by atoms with E-state index in [4.69, 9.17) is 16.3 Å². The standard InChI is InChI=1S/C38H48ClFN2O2/c1-6-9-36(43)29-14-17-35(26(3)22-29)41-27(4)24-42-20-18-28(19-21-42)32-13-7-10-25(2)37(32)44-38(5,30-11-8-12-30)33-16-15-31(39)23-34(33)40/h7,10,13-17,22-23,27-28,30,41H,6,8-9,11-12,18-21,24H2,1-5H3. The highest BCUT2D eigenvalue weighted by atomic mass is 35.5. The minimum Gasteiger partial charge on any atom is -0.482 e. The van der Waals surface area contributed by atoms with Crippen LogP contribution in [0.15, 0.2) is 54.6 Å². The number of aryl methyl sites for hydroxylation is 2. The third-order valence-corrected chi connectivity index (χ3v) is 10.1. The summed E-state index contributed by atoms with van der Waals surface area (Å²) in [5.74, 6) is 1.49. The van der Waals surface area contributed by atoms with Gasteiger partial charge in [-0.05, 0) is 126 Å². The minimum atomic E-state index is -0.755. The molecule has 6 heteroatoms. The van der Waals surface area contributed by atoms with Crippen LogP contribution in [0.25, 0.3) is 0 Å². The van der Waals surface area contributed by atoms with Crippen LogP contribution in [0.1, 0.15) is 104 Å². The van der Waals surface area contributed by atoms with Crippen LogP contribution < -0.4 is 10.1 Å². The molecule has 1 aliphatic heterocycles. The average molecular weight is 619 g/mol. The van der Waals surface area contributed by atoms with E-state index in [1.807, 2.05) is 31.2 Å². The van der Waals surface area contributed by atoms with Crippen molar-refractivity contribution in [2.75, 3.05) is 25.0 Å². The second-order valence-electron chi connectivity index (χ2n) is 13.3. The number of para-hydroxylation sites is 1. The van der Waals surface area contributed by atoms with Gasteiger partial charge in [0.1, 0.15) is 17.2 Å². The predicted molar refractivity (Wildman–Crippen MR) is 180 cm³/mol. The number of piperidine rings is 1. The van der Waals surface area contributed by atoms with Crippen molar-refractivity contribution in [3.8, 4) is 5.75 Å². The molecule has 0 spiro atoms. The van der Waals surface area contributed by atoms with Crippen molar-refractivity contribution < 1.29 is 13.9 Å². The summed E-state index contributed by atoms with van der Waals surface area (Å²) in [5.41, 5.74) is 5.18. The highest BCUT2D eigenvalue weighted by Gasteiger charge is 2.44. The molecule has 1 aliphatic carbocycles. The molecule has 4 nitrogen and oxygen atoms in total. The van der Waals surface area contributed by atoms with Gasteiger partial charge in [0.05, 0.1) is 0 Å². The summed E-state index contributed by atoms with van der Waals surface area (Å²) in [6.45, 7) is 13.5. The van der Waals surface area contributed by atoms with Crippen molar-refractivity contribution in [2.45, 2.75) is 97.1 Å². The number of halogens is 2. The van der Waals surface area contributed by atoms with Crippen molar-refractivity contribution >= 4 is 23.1 Å². The van der Waals surface area contributed by atoms with E-state index in [0.717, 1.165) is 86.3 Å². The van der Waals surface area contributed by atoms with Crippen molar-refractivity contribution in [1.82, 2.24) is 4.90 Å². The maximum Gasteiger partial charge on any atom is 0.162 e. The molecule has 2 fully saturated rings. The van der Waals surface area contributed by atoms with E-state index in [9.17, 15) is 4.79 Å². The number of hydrogen-bond donors (Lipinski definition) is 1. The summed E-state index contributed by atoms with van der Waals surface area (Å²) in [7, 11) is 0. The van der Waals surface area contributed by atoms with Crippen LogP contribution in [0, 0.1) is 25.6 Å². The monoisotopic (exact) mass is 618 g/mol. The number of ether oxygens (including phenoxy) is 1. The Kier molecular flexibility index (Phi) is 10.4. The van der Waals surface area contributed by atoms with Gasteiger partial charge in [0.15, 0.2) is 5.78 Å². The molecule has 44 heavy (non-hydrogen) atoms. The maximum absolute atomic E-state index is 15.3. The summed E-state index contributed by atoms with van der Waals surface area (Å²) >= 11 is 6.12. The van der Waals surface area contributed by atoms with E-state index in [1.165, 1.54) is 11.6 Å². The number of hydrogen-bond acceptors (Lipinski definition) is 4. The number of benzene rings is 3. The number of carbonyl (C=O) groups excluding carboxylic acids is 1. The molecule has 2 unspecified atom stereocenters. The van der Waals surface area contributed by atoms with Gasteiger partial charge < -0.3 is 15.0 Å². The Hall–Kier alpha value is -2.89. The fourth-order valence-electron chi connectivity index (χ4n) is 7.05. The Morgan fingerprint density at radius 1 is 1.07 bits per heavy atom. The summed E-state index contributed by atoms with van der Waals surface area (Å²) in [5, 5.41) is 4.08. The van der Waals surface area contributed by atoms with Gasteiger partial charge in [0.2, 0.25) is 0 Å². The van der Waals surface area contributed by atoms with Crippen LogP contribution in [0.2, 0.25) is 5.02 Å². The van der Waals surface area contributed by atoms with Gasteiger partial charge in [-0.3, -0.25) is 4.79 Å². The number of anilines is 1. The van der Waals surface area contributed by atoms with Gasteiger partial charge in [-0.2, -0.15) is 0 Å². The van der Waals surface area contributed by atoms with Gasteiger partial charge >= 0.3 is 0 Å². The van der Waals surface area contributed by atoms with Crippen LogP contribution in [0.5, 0.6) is 5.75 Å². The number of nitrogens with one attached hydrogen (secondary N) is 1. The lowest BCUT2D eigenvalue weighted by Gasteiger charge is -2.44. The Bertz CT molecular complexity index is 1460. The Morgan fingerprint density at radius 3 is 2.45 bits per heavy atom. The summed E-state index contributed by atoms with van der Waals surface area (Å²) in [4.78, 5) is 14.9. The summed E-state index contributed by atoms with van der Waals surface area (Å²) < 4.78 is 22.3. The highest BCUT2D eigenvalue weighted by molar-refractivity contribution is 6.30. The summed E-state index contributed by atoms with van der Waals surface area (Å²) in [6.07, 6.45) is 6.78. The number of nitrogens with zero attached hydrogens (tertiary/aromatic N) is 1. The molecule has 236 valence electrons. The Morgan fingerprint density at radius 2 is 1.82 bits per heavy atom. The number of rotatable bonds is 12. The fourth-order valence-corrected chi connectivity index (χ4v) is 7.21. The molecule has 2 aliphatic rings. The molecule has 0 aromatic heterocycles. The number of ketones is 1. The van der Waals surface area contributed by atoms with Gasteiger partial charge in [-0.15, -0.1) is 0 Å². The first kappa shape index (κ1) is 32.5. The molecule has 0 radical (unpaired) electrons. The van der Waals surface area contributed by atoms with Crippen LogP contribution in [-0.4, -0.2) is 36.4 Å². The zero-order valence-electron chi connectivity index (χ0n) is 27.0. The normalized spacial score (nSPS) is 18.3. The largest absolute Gasteiger partial charge is 0.482 e. The first-order valence-corrected chi connectivity index (χ1v) is 16.8. The Labute approximate surface area is 268 Å². The lowest BCUT2D eigenvalue weighted by Crippen LogP contribution is -2.43. The molecule has 1 saturated carbocycles. The van der Waals surface area contributed by atoms with Crippen molar-refractivity contribution in [3.63, 3.8) is 0 Å². The third-order valence-electron chi connectivity index (χ3n) is 9.89. The molecule has 3 aromatic rings. The Balaban J connectivity index is 1.25. The number of carbonyl (C=O) groups is 1. The average Bonchev–Trinajstić information content (AvgIpc) is 2.94. The topological polar surface area (TPSA) is 41.6 Å². The number of Topliss-reactive ketones (excluding diaryl/α,β-unsaturated/α-hetero) is 1. The molecular formula is C38H48ClFN2O2. The molecule has 0 amide bonds. The van der Waals surface area contributed by atoms with E-state index in [1.54, 1.807) is 6.07 Å². The molecule has 2 atom stereocenters. The van der Waals surface area contributed by atoms with E-state index >= 15 is 4.39 Å². The van der Waals surface area contributed by atoms with Crippen LogP contribution in [0.4, 0.5) is 10.1 Å². The van der Waals surface area contributed by atoms with Crippen LogP contribution in [-0.2, 0) is 5.60 Å². The quantitative estimate of drug-likeness (QED) is 0.205. The fraction of sp³-hybridized carbons (Fsp3) is 0.500. The van der Waals surface area contributed by atoms with E-state index < -0.39 is 5.60 Å². The zero-order chi connectivity index (χ0) is 31.4. The lowest BCUT2D eigenvalue weighted by molar-refractivity contribution is -0.0203. The molecule has 5 rings (SSSR count). The maximum atomic E-state index is 15.3. The second kappa shape index (κ2) is 14.0. The first-order valence-electron chi connectivity index (χ1n) is 16.5. The molecule has 3 aromatic carbocycles. The predicted octanol–water partition coefficient (Wildman–Crippen LogP) is 9.85. The van der Waals surface area contributed by atoms with Crippen molar-refractivity contribution in [3.05, 3.63) is 93.3 Å². The summed E-state index contributed by atoms with van der Waals surface area (Å²) in [6, 6.07) is 17.7. The van der Waals surface area contributed by atoms with Crippen molar-refractivity contribution in [2.24, 2.45) is 5.92 Å². The molecular weight excluding hydrogens is 571 g/mol. The smallest absolute Gasteiger partial charge is 0.162 e. The zero-order valence-corrected chi connectivity index (χ0v) is 27.8. The molecule has 1 N–H and O–H groups in total. The van der Waals surface area contributed by atoms with Gasteiger partial charge in [0.25, 0.3) is 0 Å². The SMILES string of the molecule is CCCC(=O)c1ccc(NC(C)CN2CCC(c3cccc(C)c3OC(C)(c3ccc(Cl)cc3F)C3CCC3)CC2)c(C)c1. The second-order valence-corrected chi connectivity index (χ2v) is 13.7. The van der Waals surface area contributed by atoms with Crippen LogP contribution >= 0.6 is 11.6 Å². The van der Waals surface area contributed by atoms with Gasteiger partial charge in [-0.1, -0.05) is 49.2 Å². The molecule has 0 bridgehead atoms. The minimum absolute atomic E-state index is 0.213.